The Balaban J connectivity index is 0.00000748. The van der Waals surface area contributed by atoms with Crippen molar-refractivity contribution in [2.75, 3.05) is 13.2 Å². The number of hydrogen-bond donors (Lipinski definition) is 9. The van der Waals surface area contributed by atoms with Crippen molar-refractivity contribution in [3.05, 3.63) is 47.0 Å². The van der Waals surface area contributed by atoms with Crippen LogP contribution in [0.4, 0.5) is 4.79 Å². The second-order valence-electron chi connectivity index (χ2n) is 19.5. The second-order valence-corrected chi connectivity index (χ2v) is 19.5. The molecular weight excluding hydrogens is 1040 g/mol. The van der Waals surface area contributed by atoms with Crippen LogP contribution >= 0.6 is 0 Å². The standard InChI is InChI=1S/C44H63NO17.Ac/c1-20-24(59-37(54)31(50)29(22-12-10-9-11-13-22)45-39(55)62-40(3,4)5)17-44(57)21(2)35-42(8,26(47)16-23-14-15-43(23,35)56)36(53)34(28(20)41(44,6)7)61-27(48)19-58-38-33(52)32(51)30(49)25(18-46)60-38;/h9-13,21,23-26,29-35,38,46-47,49-52,56-57H,14-19H2,1-8H3,(H,45,55);/t21-,23+,24?,25?,26?,29?,30?,31?,32?,33?,34?,35?,38?,42+,43?,44?;/m0./s1. The van der Waals surface area contributed by atoms with Gasteiger partial charge in [0.25, 0.3) is 0 Å². The molecule has 0 spiro atoms. The summed E-state index contributed by atoms with van der Waals surface area (Å²) in [5, 5.41) is 92.2. The van der Waals surface area contributed by atoms with E-state index in [4.69, 9.17) is 23.7 Å². The Morgan fingerprint density at radius 2 is 1.62 bits per heavy atom. The Morgan fingerprint density at radius 3 is 2.19 bits per heavy atom. The molecule has 5 aliphatic rings. The minimum absolute atomic E-state index is 0. The van der Waals surface area contributed by atoms with Gasteiger partial charge in [-0.3, -0.25) is 4.79 Å². The van der Waals surface area contributed by atoms with Gasteiger partial charge in [0.1, 0.15) is 42.7 Å². The van der Waals surface area contributed by atoms with Gasteiger partial charge in [0.15, 0.2) is 24.3 Å². The largest absolute Gasteiger partial charge is 0.456 e. The van der Waals surface area contributed by atoms with Gasteiger partial charge in [0, 0.05) is 61.8 Å². The van der Waals surface area contributed by atoms with Crippen LogP contribution in [0.1, 0.15) is 92.7 Å². The molecule has 63 heavy (non-hydrogen) atoms. The van der Waals surface area contributed by atoms with Crippen molar-refractivity contribution in [1.82, 2.24) is 5.32 Å². The Bertz CT molecular complexity index is 1910. The number of fused-ring (bicyclic) bond motifs is 5. The number of carbonyl (C=O) groups is 4. The molecule has 16 atom stereocenters. The number of amides is 1. The molecular formula is C44H63AcNO17. The summed E-state index contributed by atoms with van der Waals surface area (Å²) in [7, 11) is 0. The zero-order chi connectivity index (χ0) is 46.1. The van der Waals surface area contributed by atoms with E-state index in [2.05, 4.69) is 5.32 Å². The van der Waals surface area contributed by atoms with Crippen LogP contribution in [0.15, 0.2) is 41.5 Å². The third kappa shape index (κ3) is 9.17. The topological polar surface area (TPSA) is 288 Å². The predicted octanol–water partition coefficient (Wildman–Crippen LogP) is 0.478. The number of esters is 2. The summed E-state index contributed by atoms with van der Waals surface area (Å²) in [6.07, 6.45) is -15.5. The first-order chi connectivity index (χ1) is 28.7. The van der Waals surface area contributed by atoms with E-state index < -0.39 is 144 Å². The van der Waals surface area contributed by atoms with Crippen molar-refractivity contribution >= 4 is 23.8 Å². The molecule has 19 heteroatoms. The third-order valence-corrected chi connectivity index (χ3v) is 14.5. The van der Waals surface area contributed by atoms with E-state index in [1.165, 1.54) is 13.8 Å². The van der Waals surface area contributed by atoms with E-state index in [9.17, 15) is 55.2 Å². The van der Waals surface area contributed by atoms with Crippen molar-refractivity contribution in [3.63, 3.8) is 0 Å². The van der Waals surface area contributed by atoms with Gasteiger partial charge in [-0.1, -0.05) is 51.1 Å². The molecule has 6 rings (SSSR count). The average molecular weight is 1100 g/mol. The second kappa shape index (κ2) is 18.9. The number of ketones is 1. The number of ether oxygens (including phenoxy) is 5. The smallest absolute Gasteiger partial charge is 0.408 e. The molecule has 2 bridgehead atoms. The summed E-state index contributed by atoms with van der Waals surface area (Å²) in [5.41, 5.74) is -7.14. The monoisotopic (exact) mass is 1100 g/mol. The number of alkyl carbamates (subject to hydrolysis) is 1. The molecule has 1 amide bonds. The predicted molar refractivity (Wildman–Crippen MR) is 214 cm³/mol. The van der Waals surface area contributed by atoms with E-state index >= 15 is 4.79 Å². The molecule has 4 aliphatic carbocycles. The summed E-state index contributed by atoms with van der Waals surface area (Å²) < 4.78 is 28.2. The first kappa shape index (κ1) is 51.9. The van der Waals surface area contributed by atoms with Crippen LogP contribution in [0.5, 0.6) is 0 Å². The van der Waals surface area contributed by atoms with Gasteiger partial charge in [0.05, 0.1) is 35.4 Å². The van der Waals surface area contributed by atoms with Gasteiger partial charge in [-0.15, -0.1) is 0 Å². The molecule has 349 valence electrons. The molecule has 1 saturated heterocycles. The fourth-order valence-electron chi connectivity index (χ4n) is 11.0. The zero-order valence-corrected chi connectivity index (χ0v) is 41.7. The van der Waals surface area contributed by atoms with Crippen LogP contribution in [0.2, 0.25) is 0 Å². The van der Waals surface area contributed by atoms with Crippen molar-refractivity contribution in [3.8, 4) is 0 Å². The summed E-state index contributed by atoms with van der Waals surface area (Å²) in [6, 6.07) is 6.78. The molecule has 1 radical (unpaired) electrons. The maximum absolute atomic E-state index is 15.3. The molecule has 1 heterocycles. The van der Waals surface area contributed by atoms with Gasteiger partial charge in [0.2, 0.25) is 0 Å². The molecule has 18 nitrogen and oxygen atoms in total. The number of Topliss-reactive ketones (excluding diaryl/α,β-unsaturated/α-hetero) is 1. The molecule has 1 aromatic carbocycles. The summed E-state index contributed by atoms with van der Waals surface area (Å²) in [4.78, 5) is 56.3. The minimum Gasteiger partial charge on any atom is -0.456 e. The molecule has 9 N–H and O–H groups in total. The first-order valence-electron chi connectivity index (χ1n) is 21.2. The summed E-state index contributed by atoms with van der Waals surface area (Å²) in [6.45, 7) is 11.1. The Morgan fingerprint density at radius 1 is 0.984 bits per heavy atom. The number of rotatable bonds is 10. The number of nitrogens with one attached hydrogen (secondary N) is 1. The maximum Gasteiger partial charge on any atom is 0.408 e. The Kier molecular flexibility index (Phi) is 15.5. The number of hydrogen-bond acceptors (Lipinski definition) is 17. The maximum atomic E-state index is 15.3. The normalized spacial score (nSPS) is 39.4. The molecule has 4 fully saturated rings. The first-order valence-corrected chi connectivity index (χ1v) is 21.2. The average Bonchev–Trinajstić information content (AvgIpc) is 3.20. The van der Waals surface area contributed by atoms with E-state index in [1.807, 2.05) is 0 Å². The number of aliphatic hydroxyl groups is 8. The summed E-state index contributed by atoms with van der Waals surface area (Å²) in [5.74, 6) is -5.71. The van der Waals surface area contributed by atoms with Crippen molar-refractivity contribution in [2.45, 2.75) is 159 Å². The fourth-order valence-corrected chi connectivity index (χ4v) is 11.0. The molecule has 0 aromatic heterocycles. The minimum atomic E-state index is -2.03. The van der Waals surface area contributed by atoms with E-state index in [0.717, 1.165) is 0 Å². The van der Waals surface area contributed by atoms with Crippen LogP contribution in [0, 0.1) is 72.6 Å². The van der Waals surface area contributed by atoms with Gasteiger partial charge in [-0.05, 0) is 82.4 Å². The van der Waals surface area contributed by atoms with Crippen molar-refractivity contribution in [1.29, 1.82) is 0 Å². The SMILES string of the molecule is CC1=C2C(OC(=O)COC3OC(CO)C(O)C(O)C3O)C(=O)[C@]3(C)C(O)C[C@H]4CCC4(O)C3[C@H](C)C(O)(CC1OC(=O)C(O)C(NC(=O)OC(C)(C)C)c1ccccc1)C2(C)C.[Ac]. The zero-order valence-electron chi connectivity index (χ0n) is 37.0. The van der Waals surface area contributed by atoms with Crippen LogP contribution in [-0.2, 0) is 38.1 Å². The summed E-state index contributed by atoms with van der Waals surface area (Å²) >= 11 is 0. The Hall–Kier alpha value is -2.12. The van der Waals surface area contributed by atoms with E-state index in [0.29, 0.717) is 12.0 Å². The van der Waals surface area contributed by atoms with Crippen LogP contribution in [0.25, 0.3) is 0 Å². The Labute approximate surface area is 402 Å². The fraction of sp³-hybridized carbons (Fsp3) is 0.727. The van der Waals surface area contributed by atoms with Crippen molar-refractivity contribution in [2.24, 2.45) is 28.6 Å². The molecule has 1 aromatic rings. The van der Waals surface area contributed by atoms with Gasteiger partial charge >= 0.3 is 18.0 Å². The van der Waals surface area contributed by atoms with Crippen LogP contribution in [-0.4, -0.2) is 150 Å². The van der Waals surface area contributed by atoms with E-state index in [-0.39, 0.29) is 74.5 Å². The molecule has 3 saturated carbocycles. The van der Waals surface area contributed by atoms with Crippen LogP contribution in [0.3, 0.4) is 0 Å². The van der Waals surface area contributed by atoms with E-state index in [1.54, 1.807) is 71.9 Å². The van der Waals surface area contributed by atoms with Crippen LogP contribution < -0.4 is 5.32 Å². The van der Waals surface area contributed by atoms with Gasteiger partial charge in [-0.2, -0.15) is 0 Å². The third-order valence-electron chi connectivity index (χ3n) is 14.5. The molecule has 1 aliphatic heterocycles. The van der Waals surface area contributed by atoms with Gasteiger partial charge < -0.3 is 69.9 Å². The quantitative estimate of drug-likeness (QED) is 0.0875. The molecule has 13 unspecified atom stereocenters. The van der Waals surface area contributed by atoms with Crippen molar-refractivity contribution < 1.29 is 128 Å². The number of aliphatic hydroxyl groups excluding tert-OH is 6. The van der Waals surface area contributed by atoms with Gasteiger partial charge in [-0.25, -0.2) is 14.4 Å². The number of carbonyl (C=O) groups excluding carboxylic acids is 4. The number of benzene rings is 1.